The SMILES string of the molecule is CCCCCCCSCC(O)CCl. The Morgan fingerprint density at radius 2 is 1.92 bits per heavy atom. The molecule has 0 saturated heterocycles. The second kappa shape index (κ2) is 10.7. The molecule has 0 radical (unpaired) electrons. The van der Waals surface area contributed by atoms with Gasteiger partial charge in [0.15, 0.2) is 0 Å². The summed E-state index contributed by atoms with van der Waals surface area (Å²) in [4.78, 5) is 0. The van der Waals surface area contributed by atoms with Crippen molar-refractivity contribution >= 4 is 23.4 Å². The van der Waals surface area contributed by atoms with Gasteiger partial charge < -0.3 is 5.11 Å². The Morgan fingerprint density at radius 1 is 1.23 bits per heavy atom. The lowest BCUT2D eigenvalue weighted by Crippen LogP contribution is -2.11. The van der Waals surface area contributed by atoms with E-state index in [1.165, 1.54) is 32.1 Å². The van der Waals surface area contributed by atoms with Crippen molar-refractivity contribution in [2.75, 3.05) is 17.4 Å². The van der Waals surface area contributed by atoms with E-state index in [0.717, 1.165) is 11.5 Å². The maximum atomic E-state index is 9.15. The van der Waals surface area contributed by atoms with Gasteiger partial charge in [0.05, 0.1) is 6.10 Å². The summed E-state index contributed by atoms with van der Waals surface area (Å²) in [7, 11) is 0. The van der Waals surface area contributed by atoms with Crippen LogP contribution in [0.5, 0.6) is 0 Å². The monoisotopic (exact) mass is 224 g/mol. The molecule has 0 aliphatic carbocycles. The zero-order chi connectivity index (χ0) is 9.94. The van der Waals surface area contributed by atoms with Crippen molar-refractivity contribution < 1.29 is 5.11 Å². The molecular formula is C10H21ClOS. The Kier molecular flexibility index (Phi) is 11.2. The molecule has 0 aliphatic heterocycles. The summed E-state index contributed by atoms with van der Waals surface area (Å²) in [5.74, 6) is 2.32. The lowest BCUT2D eigenvalue weighted by atomic mass is 10.2. The van der Waals surface area contributed by atoms with E-state index in [4.69, 9.17) is 16.7 Å². The first kappa shape index (κ1) is 13.6. The summed E-state index contributed by atoms with van der Waals surface area (Å²) in [6, 6.07) is 0. The van der Waals surface area contributed by atoms with Crippen LogP contribution in [0.3, 0.4) is 0 Å². The summed E-state index contributed by atoms with van der Waals surface area (Å²) < 4.78 is 0. The van der Waals surface area contributed by atoms with E-state index in [2.05, 4.69) is 6.92 Å². The van der Waals surface area contributed by atoms with Crippen LogP contribution in [0, 0.1) is 0 Å². The van der Waals surface area contributed by atoms with Crippen LogP contribution in [-0.2, 0) is 0 Å². The molecule has 1 unspecified atom stereocenters. The Morgan fingerprint density at radius 3 is 2.54 bits per heavy atom. The van der Waals surface area contributed by atoms with Gasteiger partial charge >= 0.3 is 0 Å². The highest BCUT2D eigenvalue weighted by atomic mass is 35.5. The fraction of sp³-hybridized carbons (Fsp3) is 1.00. The third-order valence-electron chi connectivity index (χ3n) is 1.88. The van der Waals surface area contributed by atoms with E-state index in [0.29, 0.717) is 5.88 Å². The molecule has 0 amide bonds. The van der Waals surface area contributed by atoms with Gasteiger partial charge in [-0.3, -0.25) is 0 Å². The van der Waals surface area contributed by atoms with Gasteiger partial charge in [-0.05, 0) is 12.2 Å². The molecule has 0 aromatic carbocycles. The lowest BCUT2D eigenvalue weighted by Gasteiger charge is -2.05. The highest BCUT2D eigenvalue weighted by molar-refractivity contribution is 7.99. The summed E-state index contributed by atoms with van der Waals surface area (Å²) in [6.07, 6.45) is 6.31. The van der Waals surface area contributed by atoms with Gasteiger partial charge in [-0.25, -0.2) is 0 Å². The molecule has 0 heterocycles. The molecule has 1 nitrogen and oxygen atoms in total. The molecule has 1 atom stereocenters. The maximum absolute atomic E-state index is 9.15. The van der Waals surface area contributed by atoms with Crippen molar-refractivity contribution in [2.45, 2.75) is 45.1 Å². The summed E-state index contributed by atoms with van der Waals surface area (Å²) >= 11 is 7.28. The number of aliphatic hydroxyl groups is 1. The lowest BCUT2D eigenvalue weighted by molar-refractivity contribution is 0.223. The zero-order valence-electron chi connectivity index (χ0n) is 8.47. The number of unbranched alkanes of at least 4 members (excludes halogenated alkanes) is 4. The van der Waals surface area contributed by atoms with Crippen LogP contribution < -0.4 is 0 Å². The standard InChI is InChI=1S/C10H21ClOS/c1-2-3-4-5-6-7-13-9-10(12)8-11/h10,12H,2-9H2,1H3. The van der Waals surface area contributed by atoms with Crippen molar-refractivity contribution in [1.82, 2.24) is 0 Å². The van der Waals surface area contributed by atoms with E-state index in [9.17, 15) is 0 Å². The topological polar surface area (TPSA) is 20.2 Å². The number of rotatable bonds is 9. The first-order valence-electron chi connectivity index (χ1n) is 5.13. The normalized spacial score (nSPS) is 13.2. The van der Waals surface area contributed by atoms with Gasteiger partial charge in [-0.15, -0.1) is 11.6 Å². The molecule has 80 valence electrons. The molecule has 13 heavy (non-hydrogen) atoms. The number of aliphatic hydroxyl groups excluding tert-OH is 1. The van der Waals surface area contributed by atoms with Gasteiger partial charge in [-0.2, -0.15) is 11.8 Å². The van der Waals surface area contributed by atoms with E-state index < -0.39 is 0 Å². The van der Waals surface area contributed by atoms with E-state index >= 15 is 0 Å². The molecule has 0 aromatic rings. The molecule has 0 aromatic heterocycles. The minimum absolute atomic E-state index is 0.317. The molecule has 0 saturated carbocycles. The number of halogens is 1. The van der Waals surface area contributed by atoms with Gasteiger partial charge in [0.25, 0.3) is 0 Å². The van der Waals surface area contributed by atoms with Crippen molar-refractivity contribution in [2.24, 2.45) is 0 Å². The second-order valence-electron chi connectivity index (χ2n) is 3.30. The third kappa shape index (κ3) is 10.5. The van der Waals surface area contributed by atoms with Crippen LogP contribution in [0.15, 0.2) is 0 Å². The summed E-state index contributed by atoms with van der Waals surface area (Å²) in [6.45, 7) is 2.23. The fourth-order valence-electron chi connectivity index (χ4n) is 1.07. The molecule has 1 N–H and O–H groups in total. The van der Waals surface area contributed by atoms with Crippen molar-refractivity contribution in [3.8, 4) is 0 Å². The van der Waals surface area contributed by atoms with Crippen LogP contribution in [0.2, 0.25) is 0 Å². The quantitative estimate of drug-likeness (QED) is 0.479. The molecule has 0 bridgehead atoms. The Balaban J connectivity index is 2.91. The number of alkyl halides is 1. The molecule has 0 rings (SSSR count). The van der Waals surface area contributed by atoms with Gasteiger partial charge in [-0.1, -0.05) is 32.6 Å². The predicted molar refractivity (Wildman–Crippen MR) is 62.8 cm³/mol. The summed E-state index contributed by atoms with van der Waals surface area (Å²) in [5, 5.41) is 9.15. The Bertz CT molecular complexity index is 101. The molecule has 0 spiro atoms. The smallest absolute Gasteiger partial charge is 0.0765 e. The van der Waals surface area contributed by atoms with Gasteiger partial charge in [0, 0.05) is 11.6 Å². The van der Waals surface area contributed by atoms with Crippen molar-refractivity contribution in [3.63, 3.8) is 0 Å². The van der Waals surface area contributed by atoms with E-state index in [-0.39, 0.29) is 6.10 Å². The van der Waals surface area contributed by atoms with Crippen molar-refractivity contribution in [1.29, 1.82) is 0 Å². The Hall–Kier alpha value is 0.600. The fourth-order valence-corrected chi connectivity index (χ4v) is 2.27. The van der Waals surface area contributed by atoms with Crippen LogP contribution in [0.25, 0.3) is 0 Å². The first-order valence-corrected chi connectivity index (χ1v) is 6.82. The average molecular weight is 225 g/mol. The number of hydrogen-bond donors (Lipinski definition) is 1. The Labute approximate surface area is 91.2 Å². The molecular weight excluding hydrogens is 204 g/mol. The average Bonchev–Trinajstić information content (AvgIpc) is 2.16. The van der Waals surface area contributed by atoms with Crippen LogP contribution >= 0.6 is 23.4 Å². The minimum atomic E-state index is -0.317. The van der Waals surface area contributed by atoms with E-state index in [1.54, 1.807) is 0 Å². The van der Waals surface area contributed by atoms with Crippen LogP contribution in [0.1, 0.15) is 39.0 Å². The van der Waals surface area contributed by atoms with Gasteiger partial charge in [0.2, 0.25) is 0 Å². The van der Waals surface area contributed by atoms with Crippen molar-refractivity contribution in [3.05, 3.63) is 0 Å². The third-order valence-corrected chi connectivity index (χ3v) is 3.43. The largest absolute Gasteiger partial charge is 0.391 e. The molecule has 3 heteroatoms. The predicted octanol–water partition coefficient (Wildman–Crippen LogP) is 3.29. The second-order valence-corrected chi connectivity index (χ2v) is 4.76. The van der Waals surface area contributed by atoms with Gasteiger partial charge in [0.1, 0.15) is 0 Å². The number of hydrogen-bond acceptors (Lipinski definition) is 2. The van der Waals surface area contributed by atoms with Crippen LogP contribution in [0.4, 0.5) is 0 Å². The minimum Gasteiger partial charge on any atom is -0.391 e. The zero-order valence-corrected chi connectivity index (χ0v) is 10.0. The van der Waals surface area contributed by atoms with Crippen LogP contribution in [-0.4, -0.2) is 28.6 Å². The highest BCUT2D eigenvalue weighted by Crippen LogP contribution is 2.10. The number of thioether (sulfide) groups is 1. The van der Waals surface area contributed by atoms with E-state index in [1.807, 2.05) is 11.8 Å². The highest BCUT2D eigenvalue weighted by Gasteiger charge is 2.00. The first-order chi connectivity index (χ1) is 6.31. The molecule has 0 fully saturated rings. The maximum Gasteiger partial charge on any atom is 0.0765 e. The molecule has 0 aliphatic rings. The summed E-state index contributed by atoms with van der Waals surface area (Å²) in [5.41, 5.74) is 0.